The summed E-state index contributed by atoms with van der Waals surface area (Å²) in [5.41, 5.74) is 2.13. The maximum Gasteiger partial charge on any atom is 0.123 e. The summed E-state index contributed by atoms with van der Waals surface area (Å²) in [7, 11) is 0. The summed E-state index contributed by atoms with van der Waals surface area (Å²) in [6.45, 7) is 0. The van der Waals surface area contributed by atoms with Crippen LogP contribution in [0.15, 0.2) is 29.3 Å². The minimum atomic E-state index is 0.536. The van der Waals surface area contributed by atoms with Gasteiger partial charge < -0.3 is 4.98 Å². The number of H-pyrrole nitrogens is 2. The van der Waals surface area contributed by atoms with Crippen molar-refractivity contribution < 1.29 is 0 Å². The molecule has 82 valence electrons. The van der Waals surface area contributed by atoms with Crippen LogP contribution in [0.2, 0.25) is 5.02 Å². The predicted molar refractivity (Wildman–Crippen MR) is 69.0 cm³/mol. The molecule has 3 aromatic rings. The van der Waals surface area contributed by atoms with Crippen molar-refractivity contribution in [1.82, 2.24) is 20.4 Å². The van der Waals surface area contributed by atoms with Crippen LogP contribution >= 0.6 is 36.4 Å². The fourth-order valence-electron chi connectivity index (χ4n) is 1.15. The Balaban J connectivity index is 0.000000120. The molecule has 0 saturated carbocycles. The number of rotatable bonds is 0. The molecule has 0 fully saturated rings. The standard InChI is InChI=1S/C6H4ClN.C3H3N3S2/c7-5-3-4-1-2-6(5)8-4;7-2-1-3(8)5-6-4-2/h1-3,8H;1H,(H2,4,5,7,8). The Kier molecular flexibility index (Phi) is 3.42. The quantitative estimate of drug-likeness (QED) is 0.435. The molecule has 0 amide bonds. The third kappa shape index (κ3) is 2.72. The van der Waals surface area contributed by atoms with Gasteiger partial charge in [-0.1, -0.05) is 29.0 Å². The highest BCUT2D eigenvalue weighted by molar-refractivity contribution is 7.80. The van der Waals surface area contributed by atoms with Crippen molar-refractivity contribution in [2.75, 3.05) is 0 Å². The maximum absolute atomic E-state index is 5.70. The lowest BCUT2D eigenvalue weighted by atomic mass is 10.4. The monoisotopic (exact) mass is 270 g/mol. The molecule has 0 aliphatic carbocycles. The average molecular weight is 271 g/mol. The molecule has 0 atom stereocenters. The van der Waals surface area contributed by atoms with Gasteiger partial charge in [0.15, 0.2) is 0 Å². The van der Waals surface area contributed by atoms with Crippen molar-refractivity contribution >= 4 is 47.5 Å². The average Bonchev–Trinajstić information content (AvgIpc) is 2.79. The van der Waals surface area contributed by atoms with Gasteiger partial charge in [0.2, 0.25) is 0 Å². The third-order valence-electron chi connectivity index (χ3n) is 1.82. The van der Waals surface area contributed by atoms with Crippen molar-refractivity contribution in [1.29, 1.82) is 0 Å². The van der Waals surface area contributed by atoms with Crippen molar-refractivity contribution in [2.45, 2.75) is 5.03 Å². The number of thiol groups is 1. The molecule has 16 heavy (non-hydrogen) atoms. The molecule has 0 aromatic carbocycles. The van der Waals surface area contributed by atoms with Crippen LogP contribution in [0, 0.1) is 4.64 Å². The molecule has 2 N–H and O–H groups in total. The van der Waals surface area contributed by atoms with Crippen LogP contribution in [0.1, 0.15) is 0 Å². The minimum absolute atomic E-state index is 0.536. The Labute approximate surface area is 107 Å². The number of benzene rings is 1. The SMILES string of the molecule is Clc1cc2ccc1[nH]2.S=c1cc(S)nn[nH]1. The van der Waals surface area contributed by atoms with Gasteiger partial charge in [-0.2, -0.15) is 0 Å². The molecule has 0 aliphatic heterocycles. The molecule has 2 bridgehead atoms. The van der Waals surface area contributed by atoms with Crippen LogP contribution in [-0.4, -0.2) is 20.4 Å². The molecule has 3 rings (SSSR count). The normalized spacial score (nSPS) is 10.1. The van der Waals surface area contributed by atoms with Gasteiger partial charge in [0, 0.05) is 11.6 Å². The Morgan fingerprint density at radius 2 is 2.12 bits per heavy atom. The zero-order valence-corrected chi connectivity index (χ0v) is 10.4. The lowest BCUT2D eigenvalue weighted by Crippen LogP contribution is -1.85. The number of fused-ring (bicyclic) bond motifs is 2. The second-order valence-corrected chi connectivity index (χ2v) is 4.30. The summed E-state index contributed by atoms with van der Waals surface area (Å²) < 4.78 is 0.546. The number of halogens is 1. The van der Waals surface area contributed by atoms with Gasteiger partial charge >= 0.3 is 0 Å². The van der Waals surface area contributed by atoms with Crippen LogP contribution in [0.4, 0.5) is 0 Å². The summed E-state index contributed by atoms with van der Waals surface area (Å²) in [5, 5.41) is 10.8. The number of aromatic nitrogens is 4. The van der Waals surface area contributed by atoms with Crippen molar-refractivity contribution in [2.24, 2.45) is 0 Å². The molecular weight excluding hydrogens is 264 g/mol. The molecule has 4 nitrogen and oxygen atoms in total. The van der Waals surface area contributed by atoms with Gasteiger partial charge in [0.05, 0.1) is 10.5 Å². The maximum atomic E-state index is 5.70. The van der Waals surface area contributed by atoms with Crippen molar-refractivity contribution in [3.63, 3.8) is 0 Å². The molecule has 0 saturated heterocycles. The topological polar surface area (TPSA) is 57.4 Å². The van der Waals surface area contributed by atoms with E-state index in [1.54, 1.807) is 6.07 Å². The summed E-state index contributed by atoms with van der Waals surface area (Å²) in [6, 6.07) is 7.50. The first-order valence-corrected chi connectivity index (χ1v) is 5.56. The third-order valence-corrected chi connectivity index (χ3v) is 2.56. The van der Waals surface area contributed by atoms with Gasteiger partial charge in [-0.25, -0.2) is 5.10 Å². The number of nitrogens with zero attached hydrogens (tertiary/aromatic N) is 2. The highest BCUT2D eigenvalue weighted by Crippen LogP contribution is 2.21. The first-order valence-electron chi connectivity index (χ1n) is 4.33. The highest BCUT2D eigenvalue weighted by Gasteiger charge is 1.97. The first kappa shape index (κ1) is 11.4. The molecule has 0 spiro atoms. The Morgan fingerprint density at radius 3 is 2.44 bits per heavy atom. The molecule has 0 aliphatic rings. The van der Waals surface area contributed by atoms with E-state index in [0.717, 1.165) is 16.1 Å². The van der Waals surface area contributed by atoms with Gasteiger partial charge in [-0.3, -0.25) is 0 Å². The molecule has 0 unspecified atom stereocenters. The van der Waals surface area contributed by atoms with E-state index in [1.165, 1.54) is 0 Å². The molecule has 7 heteroatoms. The second kappa shape index (κ2) is 4.82. The Morgan fingerprint density at radius 1 is 1.31 bits per heavy atom. The Bertz CT molecular complexity index is 633. The van der Waals surface area contributed by atoms with Crippen molar-refractivity contribution in [3.8, 4) is 0 Å². The van der Waals surface area contributed by atoms with E-state index in [9.17, 15) is 0 Å². The van der Waals surface area contributed by atoms with Crippen LogP contribution in [0.3, 0.4) is 0 Å². The largest absolute Gasteiger partial charge is 0.354 e. The van der Waals surface area contributed by atoms with Gasteiger partial charge in [0.1, 0.15) is 9.67 Å². The van der Waals surface area contributed by atoms with Crippen LogP contribution in [0.5, 0.6) is 0 Å². The summed E-state index contributed by atoms with van der Waals surface area (Å²) in [4.78, 5) is 3.08. The fraction of sp³-hybridized carbons (Fsp3) is 0. The first-order chi connectivity index (χ1) is 7.65. The fourth-order valence-corrected chi connectivity index (χ4v) is 1.80. The summed E-state index contributed by atoms with van der Waals surface area (Å²) in [6.07, 6.45) is 0. The van der Waals surface area contributed by atoms with Crippen LogP contribution < -0.4 is 0 Å². The van der Waals surface area contributed by atoms with E-state index in [-0.39, 0.29) is 0 Å². The zero-order chi connectivity index (χ0) is 11.5. The van der Waals surface area contributed by atoms with E-state index in [4.69, 9.17) is 23.8 Å². The van der Waals surface area contributed by atoms with Crippen LogP contribution in [-0.2, 0) is 0 Å². The lowest BCUT2D eigenvalue weighted by Gasteiger charge is -1.82. The van der Waals surface area contributed by atoms with E-state index < -0.39 is 0 Å². The molecule has 3 heterocycles. The van der Waals surface area contributed by atoms with Gasteiger partial charge in [0.25, 0.3) is 0 Å². The van der Waals surface area contributed by atoms with Crippen molar-refractivity contribution in [3.05, 3.63) is 33.9 Å². The lowest BCUT2D eigenvalue weighted by molar-refractivity contribution is 0.798. The molecule has 3 aromatic heterocycles. The number of hydrogen-bond acceptors (Lipinski definition) is 4. The van der Waals surface area contributed by atoms with E-state index in [0.29, 0.717) is 9.67 Å². The van der Waals surface area contributed by atoms with Crippen LogP contribution in [0.25, 0.3) is 11.0 Å². The van der Waals surface area contributed by atoms with E-state index >= 15 is 0 Å². The number of hydrogen-bond donors (Lipinski definition) is 3. The van der Waals surface area contributed by atoms with E-state index in [2.05, 4.69) is 33.0 Å². The number of aromatic amines is 2. The summed E-state index contributed by atoms with van der Waals surface area (Å²) >= 11 is 14.3. The van der Waals surface area contributed by atoms with E-state index in [1.807, 2.05) is 18.2 Å². The predicted octanol–water partition coefficient (Wildman–Crippen LogP) is 3.08. The van der Waals surface area contributed by atoms with Gasteiger partial charge in [-0.05, 0) is 18.2 Å². The summed E-state index contributed by atoms with van der Waals surface area (Å²) in [5.74, 6) is 0. The smallest absolute Gasteiger partial charge is 0.123 e. The zero-order valence-electron chi connectivity index (χ0n) is 7.94. The molecule has 0 radical (unpaired) electrons. The number of nitrogens with one attached hydrogen (secondary N) is 2. The van der Waals surface area contributed by atoms with Gasteiger partial charge in [-0.15, -0.1) is 17.7 Å². The highest BCUT2D eigenvalue weighted by atomic mass is 35.5. The Hall–Kier alpha value is -1.11. The molecular formula is C9H7ClN4S2. The minimum Gasteiger partial charge on any atom is -0.354 e. The second-order valence-electron chi connectivity index (χ2n) is 3.00.